The lowest BCUT2D eigenvalue weighted by molar-refractivity contribution is -0.130. The van der Waals surface area contributed by atoms with Crippen LogP contribution in [-0.4, -0.2) is 56.0 Å². The first-order valence-corrected chi connectivity index (χ1v) is 8.94. The van der Waals surface area contributed by atoms with Crippen molar-refractivity contribution in [3.8, 4) is 5.88 Å². The number of nitrogens with two attached hydrogens (primary N) is 2. The van der Waals surface area contributed by atoms with Crippen molar-refractivity contribution in [3.63, 3.8) is 0 Å². The van der Waals surface area contributed by atoms with Gasteiger partial charge in [-0.3, -0.25) is 4.79 Å². The molecule has 142 valence electrons. The highest BCUT2D eigenvalue weighted by Gasteiger charge is 2.47. The minimum Gasteiger partial charge on any atom is -0.468 e. The number of carbonyl (C=O) groups excluding carboxylic acids is 1. The van der Waals surface area contributed by atoms with Crippen LogP contribution in [0.5, 0.6) is 5.88 Å². The number of anilines is 3. The number of amides is 1. The number of carbonyl (C=O) groups is 1. The first-order chi connectivity index (χ1) is 13.0. The van der Waals surface area contributed by atoms with E-state index >= 15 is 0 Å². The predicted molar refractivity (Wildman–Crippen MR) is 98.9 cm³/mol. The molecule has 2 aromatic heterocycles. The van der Waals surface area contributed by atoms with Crippen molar-refractivity contribution in [2.75, 3.05) is 36.4 Å². The normalized spacial score (nSPS) is 20.5. The summed E-state index contributed by atoms with van der Waals surface area (Å²) in [5.41, 5.74) is 11.9. The highest BCUT2D eigenvalue weighted by molar-refractivity contribution is 5.76. The summed E-state index contributed by atoms with van der Waals surface area (Å²) in [5, 5.41) is 3.10. The van der Waals surface area contributed by atoms with E-state index in [1.165, 1.54) is 0 Å². The van der Waals surface area contributed by atoms with Crippen LogP contribution in [0.25, 0.3) is 0 Å². The Balaban J connectivity index is 1.28. The van der Waals surface area contributed by atoms with Gasteiger partial charge in [-0.15, -0.1) is 0 Å². The number of nitrogens with one attached hydrogen (secondary N) is 1. The first kappa shape index (κ1) is 17.3. The lowest BCUT2D eigenvalue weighted by Crippen LogP contribution is -2.39. The molecule has 1 fully saturated rings. The van der Waals surface area contributed by atoms with Crippen molar-refractivity contribution in [2.45, 2.75) is 31.3 Å². The fraction of sp³-hybridized carbons (Fsp3) is 0.471. The van der Waals surface area contributed by atoms with Crippen molar-refractivity contribution in [3.05, 3.63) is 24.0 Å². The smallest absolute Gasteiger partial charge is 0.225 e. The molecule has 2 aliphatic rings. The Bertz CT molecular complexity index is 846. The van der Waals surface area contributed by atoms with Crippen molar-refractivity contribution in [1.29, 1.82) is 0 Å². The topological polar surface area (TPSA) is 145 Å². The molecule has 2 aromatic rings. The molecule has 27 heavy (non-hydrogen) atoms. The van der Waals surface area contributed by atoms with E-state index in [0.717, 1.165) is 12.0 Å². The van der Waals surface area contributed by atoms with E-state index in [1.807, 2.05) is 4.90 Å². The van der Waals surface area contributed by atoms with Gasteiger partial charge in [-0.1, -0.05) is 0 Å². The van der Waals surface area contributed by atoms with E-state index in [4.69, 9.17) is 16.2 Å². The van der Waals surface area contributed by atoms with Gasteiger partial charge in [-0.25, -0.2) is 9.97 Å². The first-order valence-electron chi connectivity index (χ1n) is 8.94. The summed E-state index contributed by atoms with van der Waals surface area (Å²) in [7, 11) is 0. The maximum absolute atomic E-state index is 12.5. The maximum atomic E-state index is 12.5. The molecule has 0 aliphatic carbocycles. The van der Waals surface area contributed by atoms with Crippen LogP contribution in [0.4, 0.5) is 17.7 Å². The minimum atomic E-state index is -0.468. The van der Waals surface area contributed by atoms with E-state index in [-0.39, 0.29) is 11.9 Å². The zero-order valence-electron chi connectivity index (χ0n) is 14.9. The van der Waals surface area contributed by atoms with Crippen LogP contribution < -0.4 is 21.5 Å². The maximum Gasteiger partial charge on any atom is 0.225 e. The summed E-state index contributed by atoms with van der Waals surface area (Å²) >= 11 is 0. The van der Waals surface area contributed by atoms with Crippen molar-refractivity contribution in [1.82, 2.24) is 24.8 Å². The molecule has 0 unspecified atom stereocenters. The molecular weight excluding hydrogens is 348 g/mol. The summed E-state index contributed by atoms with van der Waals surface area (Å²) in [5.74, 6) is 1.58. The number of aromatic nitrogens is 4. The van der Waals surface area contributed by atoms with Crippen molar-refractivity contribution < 1.29 is 9.53 Å². The van der Waals surface area contributed by atoms with E-state index in [2.05, 4.69) is 25.3 Å². The summed E-state index contributed by atoms with van der Waals surface area (Å²) < 4.78 is 6.05. The molecule has 10 heteroatoms. The van der Waals surface area contributed by atoms with Crippen LogP contribution in [0.1, 0.15) is 24.8 Å². The Hall–Kier alpha value is -3.17. The SMILES string of the molecule is Nc1nc(N)c2c(n1)O[C@@]1(CCN(C(=O)CCCNc3ncccn3)C1)C2. The fourth-order valence-electron chi connectivity index (χ4n) is 3.58. The van der Waals surface area contributed by atoms with Gasteiger partial charge in [-0.2, -0.15) is 9.97 Å². The second kappa shape index (κ2) is 6.86. The van der Waals surface area contributed by atoms with Crippen LogP contribution in [0.15, 0.2) is 18.5 Å². The van der Waals surface area contributed by atoms with Gasteiger partial charge in [0.15, 0.2) is 0 Å². The van der Waals surface area contributed by atoms with E-state index in [9.17, 15) is 4.79 Å². The van der Waals surface area contributed by atoms with Gasteiger partial charge < -0.3 is 26.4 Å². The van der Waals surface area contributed by atoms with Crippen molar-refractivity contribution in [2.24, 2.45) is 0 Å². The molecule has 1 atom stereocenters. The minimum absolute atomic E-state index is 0.101. The Kier molecular flexibility index (Phi) is 4.38. The fourth-order valence-corrected chi connectivity index (χ4v) is 3.58. The monoisotopic (exact) mass is 370 g/mol. The Morgan fingerprint density at radius 2 is 2.11 bits per heavy atom. The molecule has 0 saturated carbocycles. The van der Waals surface area contributed by atoms with Gasteiger partial charge in [-0.05, 0) is 12.5 Å². The molecule has 5 N–H and O–H groups in total. The van der Waals surface area contributed by atoms with Gasteiger partial charge in [0.1, 0.15) is 11.4 Å². The molecular formula is C17H22N8O2. The van der Waals surface area contributed by atoms with E-state index in [0.29, 0.717) is 56.5 Å². The summed E-state index contributed by atoms with van der Waals surface area (Å²) in [6, 6.07) is 1.76. The van der Waals surface area contributed by atoms with Crippen LogP contribution in [-0.2, 0) is 11.2 Å². The van der Waals surface area contributed by atoms with Gasteiger partial charge in [0.25, 0.3) is 0 Å². The average Bonchev–Trinajstić information content (AvgIpc) is 3.23. The number of likely N-dealkylation sites (tertiary alicyclic amines) is 1. The third kappa shape index (κ3) is 3.55. The van der Waals surface area contributed by atoms with Crippen LogP contribution >= 0.6 is 0 Å². The third-order valence-corrected chi connectivity index (χ3v) is 4.92. The number of hydrogen-bond donors (Lipinski definition) is 3. The summed E-state index contributed by atoms with van der Waals surface area (Å²) in [6.07, 6.45) is 5.85. The van der Waals surface area contributed by atoms with Gasteiger partial charge >= 0.3 is 0 Å². The third-order valence-electron chi connectivity index (χ3n) is 4.92. The Morgan fingerprint density at radius 3 is 2.93 bits per heavy atom. The molecule has 1 saturated heterocycles. The standard InChI is InChI=1S/C17H22N8O2/c18-13-11-9-17(27-14(11)24-15(19)23-13)4-8-25(10-17)12(26)3-1-5-20-16-21-6-2-7-22-16/h2,6-7H,1,3-5,8-10H2,(H,20,21,22)(H4,18,19,23,24)/t17-/m0/s1. The Labute approximate surface area is 156 Å². The van der Waals surface area contributed by atoms with Gasteiger partial charge in [0, 0.05) is 44.7 Å². The largest absolute Gasteiger partial charge is 0.468 e. The molecule has 2 aliphatic heterocycles. The molecule has 1 amide bonds. The number of fused-ring (bicyclic) bond motifs is 1. The lowest BCUT2D eigenvalue weighted by atomic mass is 9.97. The molecule has 0 aromatic carbocycles. The van der Waals surface area contributed by atoms with Gasteiger partial charge in [0.2, 0.25) is 23.7 Å². The lowest BCUT2D eigenvalue weighted by Gasteiger charge is -2.23. The Morgan fingerprint density at radius 1 is 1.30 bits per heavy atom. The van der Waals surface area contributed by atoms with Crippen LogP contribution in [0.3, 0.4) is 0 Å². The van der Waals surface area contributed by atoms with E-state index < -0.39 is 5.60 Å². The summed E-state index contributed by atoms with van der Waals surface area (Å²) in [6.45, 7) is 1.82. The van der Waals surface area contributed by atoms with E-state index in [1.54, 1.807) is 18.5 Å². The second-order valence-electron chi connectivity index (χ2n) is 6.88. The number of nitrogens with zero attached hydrogens (tertiary/aromatic N) is 5. The zero-order chi connectivity index (χ0) is 18.9. The number of hydrogen-bond acceptors (Lipinski definition) is 9. The molecule has 4 heterocycles. The number of nitrogen functional groups attached to an aromatic ring is 2. The quantitative estimate of drug-likeness (QED) is 0.629. The summed E-state index contributed by atoms with van der Waals surface area (Å²) in [4.78, 5) is 30.7. The second-order valence-corrected chi connectivity index (χ2v) is 6.88. The van der Waals surface area contributed by atoms with Crippen LogP contribution in [0.2, 0.25) is 0 Å². The molecule has 4 rings (SSSR count). The molecule has 1 spiro atoms. The predicted octanol–water partition coefficient (Wildman–Crippen LogP) is 0.229. The zero-order valence-corrected chi connectivity index (χ0v) is 14.9. The van der Waals surface area contributed by atoms with Gasteiger partial charge in [0.05, 0.1) is 12.1 Å². The molecule has 0 bridgehead atoms. The highest BCUT2D eigenvalue weighted by atomic mass is 16.5. The molecule has 0 radical (unpaired) electrons. The number of ether oxygens (including phenoxy) is 1. The molecule has 10 nitrogen and oxygen atoms in total. The highest BCUT2D eigenvalue weighted by Crippen LogP contribution is 2.41. The average molecular weight is 370 g/mol. The van der Waals surface area contributed by atoms with Crippen LogP contribution in [0, 0.1) is 0 Å². The van der Waals surface area contributed by atoms with Crippen molar-refractivity contribution >= 4 is 23.6 Å². The number of rotatable bonds is 5.